The number of rotatable bonds is 4. The van der Waals surface area contributed by atoms with E-state index < -0.39 is 25.0 Å². The van der Waals surface area contributed by atoms with Crippen molar-refractivity contribution in [1.29, 1.82) is 0 Å². The van der Waals surface area contributed by atoms with Crippen LogP contribution in [-0.2, 0) is 18.3 Å². The Morgan fingerprint density at radius 1 is 1.31 bits per heavy atom. The number of halogens is 3. The van der Waals surface area contributed by atoms with Gasteiger partial charge in [0, 0.05) is 27.9 Å². The van der Waals surface area contributed by atoms with Crippen LogP contribution in [0.3, 0.4) is 0 Å². The molecule has 1 rings (SSSR count). The Morgan fingerprint density at radius 3 is 2.44 bits per heavy atom. The van der Waals surface area contributed by atoms with Crippen LogP contribution in [0.4, 0.5) is 0 Å². The van der Waals surface area contributed by atoms with Crippen LogP contribution in [0.15, 0.2) is 12.1 Å². The predicted molar refractivity (Wildman–Crippen MR) is 71.0 cm³/mol. The molecule has 16 heavy (non-hydrogen) atoms. The quantitative estimate of drug-likeness (QED) is 0.478. The molecule has 0 aromatic rings. The fourth-order valence-electron chi connectivity index (χ4n) is 0.881. The second-order valence-electron chi connectivity index (χ2n) is 2.89. The number of hydrogen-bond donors (Lipinski definition) is 1. The van der Waals surface area contributed by atoms with Crippen LogP contribution in [0.2, 0.25) is 0 Å². The molecular formula is C4H10Cl3N4O2PS2. The van der Waals surface area contributed by atoms with Crippen LogP contribution in [-0.4, -0.2) is 15.0 Å². The third kappa shape index (κ3) is 4.68. The van der Waals surface area contributed by atoms with Crippen LogP contribution in [0.25, 0.3) is 0 Å². The van der Waals surface area contributed by atoms with Crippen molar-refractivity contribution in [3.05, 3.63) is 0 Å². The average molecular weight is 348 g/mol. The fraction of sp³-hybridized carbons (Fsp3) is 1.00. The first-order chi connectivity index (χ1) is 7.18. The van der Waals surface area contributed by atoms with Gasteiger partial charge in [0.05, 0.1) is 0 Å². The molecule has 0 aromatic carbocycles. The smallest absolute Gasteiger partial charge is 0.252 e. The molecule has 0 fully saturated rings. The van der Waals surface area contributed by atoms with Gasteiger partial charge in [0.25, 0.3) is 25.0 Å². The van der Waals surface area contributed by atoms with Gasteiger partial charge in [0.1, 0.15) is 0 Å². The molecule has 3 unspecified atom stereocenters. The van der Waals surface area contributed by atoms with Crippen molar-refractivity contribution in [2.75, 3.05) is 6.54 Å². The Bertz CT molecular complexity index is 545. The summed E-state index contributed by atoms with van der Waals surface area (Å²) < 4.78 is 33.2. The highest BCUT2D eigenvalue weighted by atomic mass is 35.7. The first-order valence-corrected chi connectivity index (χ1v) is 11.4. The lowest BCUT2D eigenvalue weighted by Gasteiger charge is -2.16. The Kier molecular flexibility index (Phi) is 4.98. The third-order valence-electron chi connectivity index (χ3n) is 1.45. The minimum Gasteiger partial charge on any atom is -0.252 e. The molecule has 1 heterocycles. The molecule has 3 atom stereocenters. The Labute approximate surface area is 109 Å². The van der Waals surface area contributed by atoms with Gasteiger partial charge in [-0.3, -0.25) is 5.09 Å². The van der Waals surface area contributed by atoms with Gasteiger partial charge in [-0.05, 0) is 17.7 Å². The molecular weight excluding hydrogens is 338 g/mol. The summed E-state index contributed by atoms with van der Waals surface area (Å²) in [5.41, 5.74) is 0. The van der Waals surface area contributed by atoms with Gasteiger partial charge in [-0.1, -0.05) is 17.1 Å². The number of nitrogens with zero attached hydrogens (tertiary/aromatic N) is 3. The monoisotopic (exact) mass is 346 g/mol. The Balaban J connectivity index is 3.12. The molecule has 0 bridgehead atoms. The summed E-state index contributed by atoms with van der Waals surface area (Å²) in [5.74, 6) is 0. The van der Waals surface area contributed by atoms with E-state index >= 15 is 0 Å². The van der Waals surface area contributed by atoms with Crippen molar-refractivity contribution in [2.45, 2.75) is 19.8 Å². The van der Waals surface area contributed by atoms with Crippen LogP contribution in [0.5, 0.6) is 0 Å². The largest absolute Gasteiger partial charge is 0.254 e. The lowest BCUT2D eigenvalue weighted by atomic mass is 10.3. The molecule has 0 amide bonds. The van der Waals surface area contributed by atoms with E-state index in [1.165, 1.54) is 0 Å². The van der Waals surface area contributed by atoms with Crippen molar-refractivity contribution in [3.8, 4) is 0 Å². The minimum atomic E-state index is -3.51. The lowest BCUT2D eigenvalue weighted by Crippen LogP contribution is -2.10. The van der Waals surface area contributed by atoms with Crippen molar-refractivity contribution in [2.24, 2.45) is 12.1 Å². The molecule has 1 N–H and O–H groups in total. The summed E-state index contributed by atoms with van der Waals surface area (Å²) in [6.45, 7) is -0.586. The molecule has 0 aliphatic carbocycles. The average Bonchev–Trinajstić information content (AvgIpc) is 1.96. The van der Waals surface area contributed by atoms with Crippen molar-refractivity contribution >= 4 is 57.6 Å². The van der Waals surface area contributed by atoms with Gasteiger partial charge in [-0.25, -0.2) is 8.42 Å². The van der Waals surface area contributed by atoms with Gasteiger partial charge < -0.3 is 0 Å². The summed E-state index contributed by atoms with van der Waals surface area (Å²) in [4.78, 5) is 0. The predicted octanol–water partition coefficient (Wildman–Crippen LogP) is 3.65. The normalized spacial score (nSPS) is 43.0. The molecule has 1 aliphatic heterocycles. The zero-order valence-electron chi connectivity index (χ0n) is 8.18. The van der Waals surface area contributed by atoms with Crippen LogP contribution < -0.4 is 5.09 Å². The molecule has 0 spiro atoms. The first kappa shape index (κ1) is 15.0. The van der Waals surface area contributed by atoms with E-state index in [2.05, 4.69) is 17.1 Å². The fourth-order valence-corrected chi connectivity index (χ4v) is 11.6. The second-order valence-corrected chi connectivity index (χ2v) is 11.7. The third-order valence-corrected chi connectivity index (χ3v) is 10.5. The van der Waals surface area contributed by atoms with Crippen molar-refractivity contribution < 1.29 is 8.42 Å². The van der Waals surface area contributed by atoms with Gasteiger partial charge in [0.15, 0.2) is 0 Å². The van der Waals surface area contributed by atoms with Gasteiger partial charge in [-0.2, -0.15) is 0 Å². The molecule has 0 aromatic heterocycles. The van der Waals surface area contributed by atoms with Crippen LogP contribution >= 0.6 is 39.3 Å². The maximum Gasteiger partial charge on any atom is 0.254 e. The Hall–Kier alpha value is 0.960. The zero-order valence-corrected chi connectivity index (χ0v) is 13.0. The standard InChI is InChI=1S/C4H10Cl3N4O2PS2/c1-2-3-4-8-14(5)9-15(6,12)11-16(7,13)10-14/h8H,2-4H2,1H3. The van der Waals surface area contributed by atoms with Crippen LogP contribution in [0.1, 0.15) is 19.8 Å². The molecule has 1 aliphatic rings. The lowest BCUT2D eigenvalue weighted by molar-refractivity contribution is 0.681. The van der Waals surface area contributed by atoms with Gasteiger partial charge >= 0.3 is 0 Å². The zero-order chi connectivity index (χ0) is 12.4. The Morgan fingerprint density at radius 2 is 1.94 bits per heavy atom. The van der Waals surface area contributed by atoms with E-state index in [9.17, 15) is 8.42 Å². The van der Waals surface area contributed by atoms with E-state index in [1.54, 1.807) is 0 Å². The number of unbranched alkanes of at least 4 members (excludes halogenated alkanes) is 1. The molecule has 0 saturated heterocycles. The van der Waals surface area contributed by atoms with E-state index in [1.807, 2.05) is 6.92 Å². The number of nitrogens with one attached hydrogen (secondary N) is 1. The summed E-state index contributed by atoms with van der Waals surface area (Å²) >= 11 is 5.96. The summed E-state index contributed by atoms with van der Waals surface area (Å²) in [6, 6.07) is 0. The highest BCUT2D eigenvalue weighted by molar-refractivity contribution is 8.28. The molecule has 12 heteroatoms. The van der Waals surface area contributed by atoms with E-state index in [-0.39, 0.29) is 0 Å². The topological polar surface area (TPSA) is 83.2 Å². The maximum absolute atomic E-state index is 11.5. The minimum absolute atomic E-state index is 0.500. The van der Waals surface area contributed by atoms with E-state index in [0.29, 0.717) is 6.54 Å². The molecule has 6 nitrogen and oxygen atoms in total. The van der Waals surface area contributed by atoms with Gasteiger partial charge in [-0.15, -0.1) is 8.28 Å². The first-order valence-electron chi connectivity index (χ1n) is 4.23. The number of hydrogen-bond acceptors (Lipinski definition) is 4. The van der Waals surface area contributed by atoms with Crippen molar-refractivity contribution in [1.82, 2.24) is 5.09 Å². The molecule has 0 saturated carbocycles. The molecule has 96 valence electrons. The van der Waals surface area contributed by atoms with Gasteiger partial charge in [0.2, 0.25) is 0 Å². The summed E-state index contributed by atoms with van der Waals surface area (Å²) in [6.07, 6.45) is 1.75. The molecule has 0 radical (unpaired) electrons. The van der Waals surface area contributed by atoms with E-state index in [4.69, 9.17) is 32.6 Å². The second kappa shape index (κ2) is 5.30. The summed E-state index contributed by atoms with van der Waals surface area (Å²) in [5, 5.41) is 2.77. The highest BCUT2D eigenvalue weighted by Crippen LogP contribution is 2.57. The summed E-state index contributed by atoms with van der Waals surface area (Å²) in [7, 11) is 3.84. The van der Waals surface area contributed by atoms with E-state index in [0.717, 1.165) is 12.8 Å². The van der Waals surface area contributed by atoms with Crippen LogP contribution in [0, 0.1) is 0 Å². The highest BCUT2D eigenvalue weighted by Gasteiger charge is 2.27. The maximum atomic E-state index is 11.5. The van der Waals surface area contributed by atoms with Crippen molar-refractivity contribution in [3.63, 3.8) is 0 Å². The SMILES string of the molecule is CCCCNP1(Cl)=NS(=O)(Cl)=NS(=O)(Cl)=N1.